The first-order valence-corrected chi connectivity index (χ1v) is 19.4. The number of carbonyl (C=O) groups is 4. The molecule has 2 aromatic carbocycles. The number of nitrogens with one attached hydrogen (secondary N) is 3. The second-order valence-corrected chi connectivity index (χ2v) is 14.3. The number of hydrogen-bond donors (Lipinski definition) is 4. The highest BCUT2D eigenvalue weighted by molar-refractivity contribution is 6.07. The molecule has 1 saturated heterocycles. The summed E-state index contributed by atoms with van der Waals surface area (Å²) in [5, 5.41) is 11.3. The molecule has 6 aromatic rings. The van der Waals surface area contributed by atoms with Gasteiger partial charge in [0.2, 0.25) is 17.7 Å². The molecule has 0 bridgehead atoms. The predicted octanol–water partition coefficient (Wildman–Crippen LogP) is 5.50. The van der Waals surface area contributed by atoms with E-state index in [1.54, 1.807) is 12.1 Å². The number of oxazole rings is 2. The maximum Gasteiger partial charge on any atom is 0.420 e. The molecule has 7 rings (SSSR count). The monoisotopic (exact) mass is 843 g/mol. The van der Waals surface area contributed by atoms with Gasteiger partial charge in [0.15, 0.2) is 17.0 Å². The van der Waals surface area contributed by atoms with Gasteiger partial charge in [-0.25, -0.2) is 19.4 Å². The minimum atomic E-state index is -4.44. The van der Waals surface area contributed by atoms with E-state index in [1.807, 2.05) is 30.3 Å². The lowest BCUT2D eigenvalue weighted by atomic mass is 10.1. The largest absolute Gasteiger partial charge is 0.444 e. The Kier molecular flexibility index (Phi) is 12.7. The fourth-order valence-electron chi connectivity index (χ4n) is 6.79. The zero-order chi connectivity index (χ0) is 43.1. The number of anilines is 2. The lowest BCUT2D eigenvalue weighted by Gasteiger charge is -2.21. The molecule has 1 fully saturated rings. The van der Waals surface area contributed by atoms with Gasteiger partial charge in [-0.05, 0) is 86.1 Å². The number of halogens is 3. The Morgan fingerprint density at radius 1 is 0.967 bits per heavy atom. The average Bonchev–Trinajstić information content (AvgIpc) is 3.97. The fourth-order valence-corrected chi connectivity index (χ4v) is 6.79. The summed E-state index contributed by atoms with van der Waals surface area (Å²) in [5.41, 5.74) is 9.11. The van der Waals surface area contributed by atoms with Crippen molar-refractivity contribution in [1.29, 1.82) is 0 Å². The summed E-state index contributed by atoms with van der Waals surface area (Å²) >= 11 is 0. The summed E-state index contributed by atoms with van der Waals surface area (Å²) in [7, 11) is 0. The second-order valence-electron chi connectivity index (χ2n) is 14.3. The van der Waals surface area contributed by atoms with Crippen LogP contribution >= 0.6 is 0 Å². The van der Waals surface area contributed by atoms with E-state index in [1.165, 1.54) is 33.8 Å². The Bertz CT molecular complexity index is 2610. The molecule has 4 amide bonds. The standard InChI is InChI=1S/C41H40F3N9O8/c42-41(43,44)23-47-33-20-26(15-16-46-33)39-49-29(22-60-39)37(56)48-28-21-52(51-35(28)36(45)55)27-10-7-24(8-11-27)5-2-1-3-17-59-18-4-6-25-9-12-30-32(19-25)61-40(58)53(30)31-13-14-34(54)50-38(31)57/h7-12,15-16,19-22,31H,1-6,13-14,17-18,23H2,(H2,45,55)(H,46,47)(H,48,56)(H,50,54,57). The number of nitrogens with zero attached hydrogens (tertiary/aromatic N) is 5. The molecule has 1 aliphatic heterocycles. The van der Waals surface area contributed by atoms with E-state index in [-0.39, 0.29) is 53.1 Å². The lowest BCUT2D eigenvalue weighted by Crippen LogP contribution is -2.43. The van der Waals surface area contributed by atoms with Gasteiger partial charge in [0, 0.05) is 31.4 Å². The molecule has 1 aliphatic rings. The van der Waals surface area contributed by atoms with Gasteiger partial charge in [0.1, 0.15) is 24.7 Å². The van der Waals surface area contributed by atoms with Crippen LogP contribution in [0.15, 0.2) is 86.9 Å². The minimum Gasteiger partial charge on any atom is -0.444 e. The normalized spacial score (nSPS) is 14.3. The number of nitrogens with two attached hydrogens (primary N) is 1. The molecule has 5 heterocycles. The molecule has 4 aromatic heterocycles. The van der Waals surface area contributed by atoms with Crippen LogP contribution in [0.4, 0.5) is 24.7 Å². The highest BCUT2D eigenvalue weighted by Gasteiger charge is 2.31. The number of alkyl halides is 3. The van der Waals surface area contributed by atoms with E-state index in [4.69, 9.17) is 19.3 Å². The van der Waals surface area contributed by atoms with E-state index >= 15 is 0 Å². The predicted molar refractivity (Wildman–Crippen MR) is 213 cm³/mol. The molecular formula is C41H40F3N9O8. The summed E-state index contributed by atoms with van der Waals surface area (Å²) in [6.45, 7) is -0.0912. The van der Waals surface area contributed by atoms with Gasteiger partial charge >= 0.3 is 11.9 Å². The van der Waals surface area contributed by atoms with E-state index in [0.29, 0.717) is 30.0 Å². The van der Waals surface area contributed by atoms with E-state index in [9.17, 15) is 37.1 Å². The van der Waals surface area contributed by atoms with Crippen LogP contribution in [0, 0.1) is 0 Å². The number of fused-ring (bicyclic) bond motifs is 1. The number of hydrogen-bond acceptors (Lipinski definition) is 12. The Labute approximate surface area is 344 Å². The van der Waals surface area contributed by atoms with Crippen LogP contribution in [0.1, 0.15) is 76.7 Å². The van der Waals surface area contributed by atoms with Crippen molar-refractivity contribution in [1.82, 2.24) is 29.6 Å². The number of benzene rings is 2. The van der Waals surface area contributed by atoms with Crippen LogP contribution in [0.3, 0.4) is 0 Å². The summed E-state index contributed by atoms with van der Waals surface area (Å²) in [5.74, 6) is -3.21. The van der Waals surface area contributed by atoms with Crippen LogP contribution in [-0.4, -0.2) is 73.9 Å². The highest BCUT2D eigenvalue weighted by atomic mass is 19.4. The van der Waals surface area contributed by atoms with Crippen molar-refractivity contribution >= 4 is 46.2 Å². The van der Waals surface area contributed by atoms with Gasteiger partial charge in [-0.3, -0.25) is 29.1 Å². The zero-order valence-corrected chi connectivity index (χ0v) is 32.5. The van der Waals surface area contributed by atoms with Crippen molar-refractivity contribution in [3.63, 3.8) is 0 Å². The molecule has 1 unspecified atom stereocenters. The molecule has 318 valence electrons. The van der Waals surface area contributed by atoms with Gasteiger partial charge in [0.05, 0.1) is 23.1 Å². The number of ether oxygens (including phenoxy) is 1. The van der Waals surface area contributed by atoms with Gasteiger partial charge in [-0.15, -0.1) is 0 Å². The van der Waals surface area contributed by atoms with Crippen molar-refractivity contribution in [2.75, 3.05) is 30.4 Å². The van der Waals surface area contributed by atoms with E-state index in [0.717, 1.165) is 55.9 Å². The van der Waals surface area contributed by atoms with E-state index < -0.39 is 42.2 Å². The summed E-state index contributed by atoms with van der Waals surface area (Å²) < 4.78 is 57.2. The fraction of sp³-hybridized carbons (Fsp3) is 0.317. The number of imide groups is 1. The number of primary amides is 1. The molecule has 0 aliphatic carbocycles. The Hall–Kier alpha value is -7.09. The molecule has 17 nitrogen and oxygen atoms in total. The Balaban J connectivity index is 0.830. The maximum absolute atomic E-state index is 13.1. The first kappa shape index (κ1) is 42.0. The molecule has 5 N–H and O–H groups in total. The highest BCUT2D eigenvalue weighted by Crippen LogP contribution is 2.26. The number of aromatic nitrogens is 5. The summed E-state index contributed by atoms with van der Waals surface area (Å²) in [4.78, 5) is 69.6. The quantitative estimate of drug-likeness (QED) is 0.0621. The van der Waals surface area contributed by atoms with Crippen molar-refractivity contribution in [3.05, 3.63) is 106 Å². The smallest absolute Gasteiger partial charge is 0.420 e. The maximum atomic E-state index is 13.1. The molecule has 20 heteroatoms. The van der Waals surface area contributed by atoms with E-state index in [2.05, 4.69) is 31.0 Å². The van der Waals surface area contributed by atoms with Crippen molar-refractivity contribution in [2.45, 2.75) is 63.6 Å². The van der Waals surface area contributed by atoms with Crippen LogP contribution in [0.2, 0.25) is 0 Å². The number of rotatable bonds is 18. The lowest BCUT2D eigenvalue weighted by molar-refractivity contribution is -0.135. The molecule has 0 spiro atoms. The SMILES string of the molecule is NC(=O)c1nn(-c2ccc(CCCCCOCCCc3ccc4c(c3)oc(=O)n4C3CCC(=O)NC3=O)cc2)cc1NC(=O)c1coc(-c2ccnc(NCC(F)(F)F)c2)n1. The Morgan fingerprint density at radius 2 is 1.74 bits per heavy atom. The number of aryl methyl sites for hydroxylation is 2. The molecule has 1 atom stereocenters. The Morgan fingerprint density at radius 3 is 2.51 bits per heavy atom. The summed E-state index contributed by atoms with van der Waals surface area (Å²) in [6.07, 6.45) is 4.86. The number of piperidine rings is 1. The van der Waals surface area contributed by atoms with Crippen LogP contribution < -0.4 is 27.4 Å². The van der Waals surface area contributed by atoms with Crippen molar-refractivity contribution in [2.24, 2.45) is 5.73 Å². The first-order valence-electron chi connectivity index (χ1n) is 19.4. The number of carbonyl (C=O) groups excluding carboxylic acids is 4. The van der Waals surface area contributed by atoms with Gasteiger partial charge in [0.25, 0.3) is 11.8 Å². The van der Waals surface area contributed by atoms with Gasteiger partial charge in [-0.2, -0.15) is 18.3 Å². The minimum absolute atomic E-state index is 0.0338. The second kappa shape index (κ2) is 18.4. The van der Waals surface area contributed by atoms with Crippen LogP contribution in [0.25, 0.3) is 28.2 Å². The molecule has 0 radical (unpaired) electrons. The van der Waals surface area contributed by atoms with Crippen LogP contribution in [0.5, 0.6) is 0 Å². The molecule has 0 saturated carbocycles. The zero-order valence-electron chi connectivity index (χ0n) is 32.5. The third-order valence-electron chi connectivity index (χ3n) is 9.82. The van der Waals surface area contributed by atoms with Crippen molar-refractivity contribution in [3.8, 4) is 17.1 Å². The third kappa shape index (κ3) is 10.6. The topological polar surface area (TPSA) is 232 Å². The summed E-state index contributed by atoms with van der Waals surface area (Å²) in [6, 6.07) is 15.0. The number of unbranched alkanes of at least 4 members (excludes halogenated alkanes) is 2. The average molecular weight is 844 g/mol. The van der Waals surface area contributed by atoms with Gasteiger partial charge in [-0.1, -0.05) is 24.6 Å². The molecule has 61 heavy (non-hydrogen) atoms. The molecular weight excluding hydrogens is 804 g/mol. The van der Waals surface area contributed by atoms with Crippen molar-refractivity contribution < 1.29 is 45.9 Å². The van der Waals surface area contributed by atoms with Crippen LogP contribution in [-0.2, 0) is 27.2 Å². The first-order chi connectivity index (χ1) is 29.3. The number of amides is 4. The third-order valence-corrected chi connectivity index (χ3v) is 9.82. The number of pyridine rings is 1. The van der Waals surface area contributed by atoms with Gasteiger partial charge < -0.3 is 29.9 Å².